The molecule has 0 saturated carbocycles. The zero-order valence-electron chi connectivity index (χ0n) is 13.2. The Labute approximate surface area is 136 Å². The van der Waals surface area contributed by atoms with Crippen LogP contribution in [0.5, 0.6) is 0 Å². The second-order valence-electron chi connectivity index (χ2n) is 6.51. The topological polar surface area (TPSA) is 80.4 Å². The normalized spacial score (nSPS) is 23.5. The fourth-order valence-electron chi connectivity index (χ4n) is 3.91. The number of furan rings is 1. The Hall–Kier alpha value is -2.67. The number of benzene rings is 1. The summed E-state index contributed by atoms with van der Waals surface area (Å²) in [6, 6.07) is 7.29. The van der Waals surface area contributed by atoms with Crippen molar-refractivity contribution in [3.63, 3.8) is 0 Å². The van der Waals surface area contributed by atoms with Gasteiger partial charge < -0.3 is 14.6 Å². The van der Waals surface area contributed by atoms with Gasteiger partial charge in [-0.15, -0.1) is 0 Å². The lowest BCUT2D eigenvalue weighted by molar-refractivity contribution is -0.134. The number of nitrogens with zero attached hydrogens (tertiary/aromatic N) is 3. The number of carbonyl (C=O) groups excluding carboxylic acids is 1. The number of fused-ring (bicyclic) bond motifs is 6. The van der Waals surface area contributed by atoms with Gasteiger partial charge in [0.15, 0.2) is 0 Å². The average molecular weight is 324 g/mol. The Morgan fingerprint density at radius 1 is 1.25 bits per heavy atom. The number of carbonyl (C=O) groups is 1. The van der Waals surface area contributed by atoms with Crippen LogP contribution in [0.2, 0.25) is 0 Å². The van der Waals surface area contributed by atoms with Crippen molar-refractivity contribution in [1.82, 2.24) is 19.8 Å². The van der Waals surface area contributed by atoms with E-state index in [1.165, 1.54) is 0 Å². The molecule has 2 aliphatic heterocycles. The number of nitrogens with one attached hydrogen (secondary N) is 1. The van der Waals surface area contributed by atoms with Gasteiger partial charge in [-0.3, -0.25) is 14.2 Å². The van der Waals surface area contributed by atoms with Gasteiger partial charge >= 0.3 is 0 Å². The van der Waals surface area contributed by atoms with Crippen LogP contribution < -0.4 is 10.9 Å². The lowest BCUT2D eigenvalue weighted by Crippen LogP contribution is -2.34. The van der Waals surface area contributed by atoms with E-state index < -0.39 is 0 Å². The van der Waals surface area contributed by atoms with Crippen LogP contribution in [0.3, 0.4) is 0 Å². The molecule has 1 N–H and O–H groups in total. The van der Waals surface area contributed by atoms with Crippen molar-refractivity contribution in [3.05, 3.63) is 40.4 Å². The first kappa shape index (κ1) is 13.7. The highest BCUT2D eigenvalue weighted by molar-refractivity contribution is 6.01. The van der Waals surface area contributed by atoms with Crippen LogP contribution in [0.15, 0.2) is 33.5 Å². The van der Waals surface area contributed by atoms with Gasteiger partial charge in [-0.1, -0.05) is 12.1 Å². The minimum atomic E-state index is -0.238. The Kier molecular flexibility index (Phi) is 2.67. The van der Waals surface area contributed by atoms with Gasteiger partial charge in [-0.2, -0.15) is 0 Å². The Morgan fingerprint density at radius 2 is 2.08 bits per heavy atom. The molecule has 7 nitrogen and oxygen atoms in total. The Morgan fingerprint density at radius 3 is 2.96 bits per heavy atom. The summed E-state index contributed by atoms with van der Waals surface area (Å²) in [7, 11) is 1.76. The molecule has 2 aromatic heterocycles. The largest absolute Gasteiger partial charge is 0.448 e. The minimum Gasteiger partial charge on any atom is -0.448 e. The van der Waals surface area contributed by atoms with Gasteiger partial charge in [0.05, 0.1) is 18.5 Å². The maximum Gasteiger partial charge on any atom is 0.297 e. The van der Waals surface area contributed by atoms with E-state index >= 15 is 0 Å². The number of para-hydroxylation sites is 1. The fraction of sp³-hybridized carbons (Fsp3) is 0.353. The third-order valence-electron chi connectivity index (χ3n) is 5.09. The van der Waals surface area contributed by atoms with Crippen LogP contribution in [0.25, 0.3) is 22.1 Å². The Bertz CT molecular complexity index is 1050. The van der Waals surface area contributed by atoms with Crippen molar-refractivity contribution in [1.29, 1.82) is 0 Å². The van der Waals surface area contributed by atoms with Gasteiger partial charge in [0, 0.05) is 25.5 Å². The highest BCUT2D eigenvalue weighted by atomic mass is 16.3. The number of hydrogen-bond donors (Lipinski definition) is 1. The van der Waals surface area contributed by atoms with Crippen LogP contribution in [0.1, 0.15) is 11.9 Å². The number of aromatic nitrogens is 2. The maximum absolute atomic E-state index is 13.1. The predicted octanol–water partition coefficient (Wildman–Crippen LogP) is 0.875. The third kappa shape index (κ3) is 1.67. The predicted molar refractivity (Wildman–Crippen MR) is 87.6 cm³/mol. The molecule has 1 amide bonds. The van der Waals surface area contributed by atoms with E-state index in [1.807, 2.05) is 24.3 Å². The summed E-state index contributed by atoms with van der Waals surface area (Å²) in [5.41, 5.74) is 1.30. The highest BCUT2D eigenvalue weighted by Gasteiger charge is 2.41. The van der Waals surface area contributed by atoms with Gasteiger partial charge in [-0.25, -0.2) is 4.98 Å². The molecular weight excluding hydrogens is 308 g/mol. The van der Waals surface area contributed by atoms with E-state index in [0.717, 1.165) is 5.39 Å². The average Bonchev–Trinajstić information content (AvgIpc) is 3.17. The molecule has 0 bridgehead atoms. The smallest absolute Gasteiger partial charge is 0.297 e. The summed E-state index contributed by atoms with van der Waals surface area (Å²) in [5, 5.41) is 4.05. The third-order valence-corrected chi connectivity index (χ3v) is 5.09. The molecule has 1 fully saturated rings. The summed E-state index contributed by atoms with van der Waals surface area (Å²) in [6.45, 7) is 1.50. The number of amides is 1. The molecule has 0 aliphatic carbocycles. The van der Waals surface area contributed by atoms with Gasteiger partial charge in [0.2, 0.25) is 11.5 Å². The standard InChI is InChI=1S/C17H16N4O3/c1-20-8-13-19-14-9-4-2-3-5-12(9)24-15(14)17(23)21(13)11-7-18-6-10(11)16(20)22/h2-5,10-11,18H,6-8H2,1H3/t10-,11-/m1/s1. The van der Waals surface area contributed by atoms with E-state index in [0.29, 0.717) is 36.6 Å². The van der Waals surface area contributed by atoms with Crippen LogP contribution in [0.4, 0.5) is 0 Å². The van der Waals surface area contributed by atoms with Crippen LogP contribution in [0, 0.1) is 5.92 Å². The summed E-state index contributed by atoms with van der Waals surface area (Å²) < 4.78 is 7.44. The van der Waals surface area contributed by atoms with Crippen molar-refractivity contribution < 1.29 is 9.21 Å². The van der Waals surface area contributed by atoms with Crippen LogP contribution in [-0.4, -0.2) is 40.5 Å². The van der Waals surface area contributed by atoms with E-state index in [-0.39, 0.29) is 29.0 Å². The second kappa shape index (κ2) is 4.67. The molecule has 0 spiro atoms. The van der Waals surface area contributed by atoms with E-state index in [9.17, 15) is 9.59 Å². The first-order chi connectivity index (χ1) is 11.6. The minimum absolute atomic E-state index is 0.0522. The fourth-order valence-corrected chi connectivity index (χ4v) is 3.91. The zero-order chi connectivity index (χ0) is 16.4. The molecule has 5 rings (SSSR count). The van der Waals surface area contributed by atoms with E-state index in [2.05, 4.69) is 5.32 Å². The molecule has 0 unspecified atom stereocenters. The van der Waals surface area contributed by atoms with Gasteiger partial charge in [-0.05, 0) is 12.1 Å². The van der Waals surface area contributed by atoms with Crippen molar-refractivity contribution in [3.8, 4) is 0 Å². The lowest BCUT2D eigenvalue weighted by atomic mass is 10.0. The van der Waals surface area contributed by atoms with Gasteiger partial charge in [0.1, 0.15) is 16.9 Å². The van der Waals surface area contributed by atoms with Gasteiger partial charge in [0.25, 0.3) is 5.56 Å². The first-order valence-electron chi connectivity index (χ1n) is 8.03. The summed E-state index contributed by atoms with van der Waals surface area (Å²) >= 11 is 0. The summed E-state index contributed by atoms with van der Waals surface area (Å²) in [4.78, 5) is 32.1. The quantitative estimate of drug-likeness (QED) is 0.664. The maximum atomic E-state index is 13.1. The molecule has 122 valence electrons. The second-order valence-corrected chi connectivity index (χ2v) is 6.51. The lowest BCUT2D eigenvalue weighted by Gasteiger charge is -2.18. The van der Waals surface area contributed by atoms with Crippen molar-refractivity contribution in [2.24, 2.45) is 5.92 Å². The van der Waals surface area contributed by atoms with Crippen LogP contribution >= 0.6 is 0 Å². The number of hydrogen-bond acceptors (Lipinski definition) is 5. The summed E-state index contributed by atoms with van der Waals surface area (Å²) in [6.07, 6.45) is 0. The molecule has 3 aromatic rings. The SMILES string of the molecule is CN1Cc2nc3c(oc4ccccc43)c(=O)n2[C@@H]2CNC[C@H]2C1=O. The molecule has 0 radical (unpaired) electrons. The molecule has 7 heteroatoms. The highest BCUT2D eigenvalue weighted by Crippen LogP contribution is 2.31. The zero-order valence-corrected chi connectivity index (χ0v) is 13.2. The molecule has 4 heterocycles. The van der Waals surface area contributed by atoms with Crippen molar-refractivity contribution in [2.45, 2.75) is 12.6 Å². The first-order valence-corrected chi connectivity index (χ1v) is 8.03. The molecular formula is C17H16N4O3. The summed E-state index contributed by atoms with van der Waals surface area (Å²) in [5.74, 6) is 0.431. The van der Waals surface area contributed by atoms with Crippen LogP contribution in [-0.2, 0) is 11.3 Å². The molecule has 1 aromatic carbocycles. The Balaban J connectivity index is 1.87. The monoisotopic (exact) mass is 324 g/mol. The molecule has 2 aliphatic rings. The number of rotatable bonds is 0. The van der Waals surface area contributed by atoms with Crippen molar-refractivity contribution in [2.75, 3.05) is 20.1 Å². The van der Waals surface area contributed by atoms with Crippen molar-refractivity contribution >= 4 is 28.0 Å². The molecule has 2 atom stereocenters. The molecule has 24 heavy (non-hydrogen) atoms. The van der Waals surface area contributed by atoms with E-state index in [1.54, 1.807) is 16.5 Å². The van der Waals surface area contributed by atoms with E-state index in [4.69, 9.17) is 9.40 Å². The molecule has 1 saturated heterocycles.